The topological polar surface area (TPSA) is 158 Å². The molecule has 9 heteroatoms. The van der Waals surface area contributed by atoms with Crippen molar-refractivity contribution < 1.29 is 30.0 Å². The third-order valence-electron chi connectivity index (χ3n) is 4.53. The molecule has 1 aliphatic carbocycles. The average Bonchev–Trinajstić information content (AvgIpc) is 2.33. The number of hydrogen-bond acceptors (Lipinski definition) is 9. The molecule has 3 rings (SSSR count). The van der Waals surface area contributed by atoms with Crippen molar-refractivity contribution >= 4 is 11.9 Å². The molecule has 0 aromatic heterocycles. The molecule has 9 nitrogen and oxygen atoms in total. The fraction of sp³-hybridized carbons (Fsp3) is 0.818. The van der Waals surface area contributed by atoms with Crippen LogP contribution in [-0.4, -0.2) is 68.0 Å². The monoisotopic (exact) mass is 287 g/mol. The predicted octanol–water partition coefficient (Wildman–Crippen LogP) is -3.62. The van der Waals surface area contributed by atoms with Gasteiger partial charge in [-0.15, -0.1) is 0 Å². The van der Waals surface area contributed by atoms with Crippen LogP contribution in [0.1, 0.15) is 13.3 Å². The first-order chi connectivity index (χ1) is 9.20. The zero-order valence-corrected chi connectivity index (χ0v) is 10.7. The number of nitrogens with one attached hydrogen (secondary N) is 1. The number of carbonyl (C=O) groups excluding carboxylic acids is 1. The Labute approximate surface area is 114 Å². The summed E-state index contributed by atoms with van der Waals surface area (Å²) in [5, 5.41) is 43.6. The number of nitrogens with zero attached hydrogens (tertiary/aromatic N) is 1. The van der Waals surface area contributed by atoms with Crippen LogP contribution < -0.4 is 11.1 Å². The van der Waals surface area contributed by atoms with E-state index in [0.717, 1.165) is 0 Å². The van der Waals surface area contributed by atoms with Gasteiger partial charge in [0.2, 0.25) is 0 Å². The molecule has 0 radical (unpaired) electrons. The highest BCUT2D eigenvalue weighted by atomic mass is 16.6. The molecule has 3 aliphatic rings. The van der Waals surface area contributed by atoms with Crippen LogP contribution >= 0.6 is 0 Å². The van der Waals surface area contributed by atoms with Crippen LogP contribution in [0.2, 0.25) is 0 Å². The summed E-state index contributed by atoms with van der Waals surface area (Å²) in [6.45, 7) is 1.39. The minimum absolute atomic E-state index is 0.0238. The van der Waals surface area contributed by atoms with Crippen LogP contribution in [0.5, 0.6) is 0 Å². The molecule has 2 fully saturated rings. The molecule has 0 aromatic carbocycles. The van der Waals surface area contributed by atoms with Crippen molar-refractivity contribution in [2.24, 2.45) is 16.6 Å². The molecule has 20 heavy (non-hydrogen) atoms. The number of guanidine groups is 1. The van der Waals surface area contributed by atoms with Crippen LogP contribution in [0.3, 0.4) is 0 Å². The van der Waals surface area contributed by atoms with Gasteiger partial charge in [-0.25, -0.2) is 9.79 Å². The molecule has 1 spiro atoms. The Balaban J connectivity index is 2.16. The number of esters is 1. The number of aliphatic hydroxyl groups is 4. The van der Waals surface area contributed by atoms with E-state index in [2.05, 4.69) is 10.3 Å². The highest BCUT2D eigenvalue weighted by Gasteiger charge is 2.70. The van der Waals surface area contributed by atoms with Gasteiger partial charge < -0.3 is 36.2 Å². The lowest BCUT2D eigenvalue weighted by Gasteiger charge is -2.60. The fourth-order valence-corrected chi connectivity index (χ4v) is 3.55. The molecule has 1 saturated carbocycles. The highest BCUT2D eigenvalue weighted by Crippen LogP contribution is 2.48. The molecular formula is C11H17N3O6. The van der Waals surface area contributed by atoms with Gasteiger partial charge in [0.25, 0.3) is 0 Å². The van der Waals surface area contributed by atoms with Gasteiger partial charge in [0, 0.05) is 5.92 Å². The summed E-state index contributed by atoms with van der Waals surface area (Å²) in [6, 6.07) is 0. The lowest BCUT2D eigenvalue weighted by Crippen LogP contribution is -2.84. The van der Waals surface area contributed by atoms with E-state index in [-0.39, 0.29) is 12.4 Å². The molecule has 2 heterocycles. The van der Waals surface area contributed by atoms with Crippen LogP contribution in [0.4, 0.5) is 0 Å². The van der Waals surface area contributed by atoms with Crippen molar-refractivity contribution in [2.45, 2.75) is 49.0 Å². The Morgan fingerprint density at radius 3 is 2.75 bits per heavy atom. The van der Waals surface area contributed by atoms with Gasteiger partial charge in [0.05, 0.1) is 0 Å². The number of aliphatic imine (C=N–C) groups is 1. The first-order valence-corrected chi connectivity index (χ1v) is 6.28. The van der Waals surface area contributed by atoms with Crippen molar-refractivity contribution in [3.63, 3.8) is 0 Å². The molecule has 7 atom stereocenters. The average molecular weight is 287 g/mol. The molecule has 0 unspecified atom stereocenters. The van der Waals surface area contributed by atoms with Gasteiger partial charge in [0.15, 0.2) is 24.4 Å². The summed E-state index contributed by atoms with van der Waals surface area (Å²) >= 11 is 0. The van der Waals surface area contributed by atoms with Crippen LogP contribution in [0.15, 0.2) is 4.99 Å². The SMILES string of the molecule is C[C@]1(O)C[C@@H]2[C@H](O)N=C(N)N[C@]23[C@@H](O)C(=O)O[C@H]1[C@@H]3O. The first-order valence-electron chi connectivity index (χ1n) is 6.28. The Kier molecular flexibility index (Phi) is 2.59. The van der Waals surface area contributed by atoms with Crippen molar-refractivity contribution in [1.29, 1.82) is 0 Å². The summed E-state index contributed by atoms with van der Waals surface area (Å²) in [7, 11) is 0. The highest BCUT2D eigenvalue weighted by molar-refractivity contribution is 5.84. The van der Waals surface area contributed by atoms with E-state index in [9.17, 15) is 25.2 Å². The number of rotatable bonds is 0. The quantitative estimate of drug-likeness (QED) is 0.249. The summed E-state index contributed by atoms with van der Waals surface area (Å²) in [5.74, 6) is -2.07. The number of nitrogens with two attached hydrogens (primary N) is 1. The lowest BCUT2D eigenvalue weighted by atomic mass is 9.59. The Morgan fingerprint density at radius 2 is 2.10 bits per heavy atom. The van der Waals surface area contributed by atoms with Gasteiger partial charge in [-0.2, -0.15) is 0 Å². The Hall–Kier alpha value is -1.42. The zero-order valence-electron chi connectivity index (χ0n) is 10.7. The van der Waals surface area contributed by atoms with E-state index in [4.69, 9.17) is 10.5 Å². The van der Waals surface area contributed by atoms with E-state index in [0.29, 0.717) is 0 Å². The second-order valence-electron chi connectivity index (χ2n) is 5.86. The van der Waals surface area contributed by atoms with Gasteiger partial charge in [-0.3, -0.25) is 0 Å². The summed E-state index contributed by atoms with van der Waals surface area (Å²) in [5.41, 5.74) is 2.38. The van der Waals surface area contributed by atoms with E-state index in [1.807, 2.05) is 0 Å². The number of aliphatic hydroxyl groups excluding tert-OH is 3. The summed E-state index contributed by atoms with van der Waals surface area (Å²) in [6.07, 6.45) is -5.75. The van der Waals surface area contributed by atoms with E-state index in [1.54, 1.807) is 0 Å². The van der Waals surface area contributed by atoms with Crippen molar-refractivity contribution in [3.05, 3.63) is 0 Å². The normalized spacial score (nSPS) is 54.4. The Bertz CT molecular complexity index is 495. The third kappa shape index (κ3) is 1.46. The first kappa shape index (κ1) is 13.6. The maximum absolute atomic E-state index is 11.8. The van der Waals surface area contributed by atoms with Gasteiger partial charge in [-0.1, -0.05) is 0 Å². The lowest BCUT2D eigenvalue weighted by molar-refractivity contribution is -0.267. The van der Waals surface area contributed by atoms with Crippen molar-refractivity contribution in [3.8, 4) is 0 Å². The van der Waals surface area contributed by atoms with Crippen LogP contribution in [0.25, 0.3) is 0 Å². The van der Waals surface area contributed by atoms with Gasteiger partial charge in [-0.05, 0) is 13.3 Å². The molecular weight excluding hydrogens is 270 g/mol. The van der Waals surface area contributed by atoms with E-state index >= 15 is 0 Å². The second kappa shape index (κ2) is 3.82. The molecule has 2 bridgehead atoms. The predicted molar refractivity (Wildman–Crippen MR) is 64.1 cm³/mol. The molecule has 1 saturated heterocycles. The number of carbonyl (C=O) groups is 1. The standard InChI is InChI=1S/C11H17N3O6/c1-10(19)2-3-7(17)13-9(12)14-11(3)4(15)6(10)20-8(18)5(11)16/h3-7,15-17,19H,2H2,1H3,(H3,12,13,14)/t3-,4+,5+,6+,7+,10+,11-/m1/s1. The van der Waals surface area contributed by atoms with Crippen LogP contribution in [0, 0.1) is 5.92 Å². The van der Waals surface area contributed by atoms with Gasteiger partial charge in [0.1, 0.15) is 17.2 Å². The molecule has 0 aromatic rings. The fourth-order valence-electron chi connectivity index (χ4n) is 3.55. The molecule has 2 aliphatic heterocycles. The molecule has 112 valence electrons. The van der Waals surface area contributed by atoms with E-state index < -0.39 is 47.6 Å². The Morgan fingerprint density at radius 1 is 1.45 bits per heavy atom. The minimum Gasteiger partial charge on any atom is -0.454 e. The van der Waals surface area contributed by atoms with Gasteiger partial charge >= 0.3 is 5.97 Å². The summed E-state index contributed by atoms with van der Waals surface area (Å²) in [4.78, 5) is 15.5. The molecule has 7 N–H and O–H groups in total. The summed E-state index contributed by atoms with van der Waals surface area (Å²) < 4.78 is 4.92. The maximum Gasteiger partial charge on any atom is 0.338 e. The zero-order chi connectivity index (χ0) is 14.9. The second-order valence-corrected chi connectivity index (χ2v) is 5.86. The smallest absolute Gasteiger partial charge is 0.338 e. The third-order valence-corrected chi connectivity index (χ3v) is 4.53. The minimum atomic E-state index is -1.72. The number of fused-ring (bicyclic) bond motifs is 1. The number of hydrogen-bond donors (Lipinski definition) is 6. The largest absolute Gasteiger partial charge is 0.454 e. The molecule has 0 amide bonds. The number of ether oxygens (including phenoxy) is 1. The maximum atomic E-state index is 11.8. The van der Waals surface area contributed by atoms with E-state index in [1.165, 1.54) is 6.92 Å². The van der Waals surface area contributed by atoms with Crippen LogP contribution in [-0.2, 0) is 9.53 Å². The van der Waals surface area contributed by atoms with Crippen molar-refractivity contribution in [1.82, 2.24) is 5.32 Å². The van der Waals surface area contributed by atoms with Crippen molar-refractivity contribution in [2.75, 3.05) is 0 Å².